The van der Waals surface area contributed by atoms with E-state index in [1.807, 2.05) is 33.8 Å². The highest BCUT2D eigenvalue weighted by atomic mass is 19.1. The minimum Gasteiger partial charge on any atom is -0.400 e. The van der Waals surface area contributed by atoms with E-state index in [0.717, 1.165) is 5.57 Å². The monoisotopic (exact) mass is 267 g/mol. The molecule has 19 heavy (non-hydrogen) atoms. The third kappa shape index (κ3) is 4.56. The van der Waals surface area contributed by atoms with Crippen LogP contribution in [-0.4, -0.2) is 17.2 Å². The second kappa shape index (κ2) is 7.14. The maximum atomic E-state index is 12.9. The Morgan fingerprint density at radius 3 is 2.32 bits per heavy atom. The first-order valence-electron chi connectivity index (χ1n) is 6.24. The van der Waals surface area contributed by atoms with Gasteiger partial charge < -0.3 is 10.7 Å². The molecule has 0 aromatic carbocycles. The average Bonchev–Trinajstić information content (AvgIpc) is 2.50. The van der Waals surface area contributed by atoms with Crippen LogP contribution in [-0.2, 0) is 0 Å². The number of hydrogen-bond donors (Lipinski definition) is 2. The molecule has 1 rings (SSSR count). The summed E-state index contributed by atoms with van der Waals surface area (Å²) in [4.78, 5) is 0. The summed E-state index contributed by atoms with van der Waals surface area (Å²) in [6.45, 7) is 13.3. The first-order valence-corrected chi connectivity index (χ1v) is 6.24. The van der Waals surface area contributed by atoms with Gasteiger partial charge in [0, 0.05) is 17.7 Å². The van der Waals surface area contributed by atoms with Crippen LogP contribution in [0.1, 0.15) is 34.1 Å². The van der Waals surface area contributed by atoms with Crippen LogP contribution < -0.4 is 11.6 Å². The van der Waals surface area contributed by atoms with E-state index >= 15 is 0 Å². The van der Waals surface area contributed by atoms with Crippen molar-refractivity contribution in [3.05, 3.63) is 47.9 Å². The molecule has 0 radical (unpaired) electrons. The van der Waals surface area contributed by atoms with Gasteiger partial charge in [0.2, 0.25) is 0 Å². The molecule has 0 saturated heterocycles. The topological polar surface area (TPSA) is 55.3 Å². The average molecular weight is 267 g/mol. The molecule has 4 heteroatoms. The van der Waals surface area contributed by atoms with Gasteiger partial charge in [0.1, 0.15) is 6.67 Å². The summed E-state index contributed by atoms with van der Waals surface area (Å²) in [5.41, 5.74) is 8.69. The van der Waals surface area contributed by atoms with Crippen molar-refractivity contribution in [3.63, 3.8) is 0 Å². The zero-order valence-electron chi connectivity index (χ0n) is 12.5. The van der Waals surface area contributed by atoms with Gasteiger partial charge in [-0.1, -0.05) is 6.08 Å². The Kier molecular flexibility index (Phi) is 6.56. The summed E-state index contributed by atoms with van der Waals surface area (Å²) in [6, 6.07) is 0. The molecule has 0 fully saturated rings. The first kappa shape index (κ1) is 17.4. The van der Waals surface area contributed by atoms with Gasteiger partial charge in [-0.25, -0.2) is 10.2 Å². The van der Waals surface area contributed by atoms with Crippen LogP contribution in [0.5, 0.6) is 0 Å². The summed E-state index contributed by atoms with van der Waals surface area (Å²) >= 11 is 0. The molecule has 0 unspecified atom stereocenters. The lowest BCUT2D eigenvalue weighted by molar-refractivity contribution is 0.193. The van der Waals surface area contributed by atoms with Crippen LogP contribution in [0, 0.1) is 0 Å². The smallest absolute Gasteiger partial charge is 0.115 e. The van der Waals surface area contributed by atoms with Crippen molar-refractivity contribution in [2.75, 3.05) is 6.67 Å². The van der Waals surface area contributed by atoms with Crippen LogP contribution in [0.2, 0.25) is 0 Å². The van der Waals surface area contributed by atoms with Crippen LogP contribution in [0.25, 0.3) is 0 Å². The zero-order valence-corrected chi connectivity index (χ0v) is 12.5. The van der Waals surface area contributed by atoms with Crippen molar-refractivity contribution < 1.29 is 4.39 Å². The number of hydrogen-bond acceptors (Lipinski definition) is 3. The summed E-state index contributed by atoms with van der Waals surface area (Å²) in [5, 5.41) is 1.60. The number of allylic oxidation sites excluding steroid dienone is 4. The van der Waals surface area contributed by atoms with Gasteiger partial charge in [-0.2, -0.15) is 0 Å². The molecule has 0 bridgehead atoms. The van der Waals surface area contributed by atoms with E-state index in [1.54, 1.807) is 11.1 Å². The Morgan fingerprint density at radius 2 is 1.89 bits per heavy atom. The van der Waals surface area contributed by atoms with Gasteiger partial charge in [0.15, 0.2) is 0 Å². The van der Waals surface area contributed by atoms with Gasteiger partial charge in [-0.3, -0.25) is 0 Å². The van der Waals surface area contributed by atoms with Gasteiger partial charge in [-0.05, 0) is 44.9 Å². The number of nitrogens with two attached hydrogens (primary N) is 2. The molecule has 0 aromatic heterocycles. The Morgan fingerprint density at radius 1 is 1.37 bits per heavy atom. The van der Waals surface area contributed by atoms with E-state index < -0.39 is 6.67 Å². The lowest BCUT2D eigenvalue weighted by Gasteiger charge is -2.34. The highest BCUT2D eigenvalue weighted by molar-refractivity contribution is 5.41. The molecule has 0 atom stereocenters. The molecule has 0 amide bonds. The molecular formula is C15H26FN3. The molecule has 108 valence electrons. The predicted molar refractivity (Wildman–Crippen MR) is 80.7 cm³/mol. The highest BCUT2D eigenvalue weighted by Gasteiger charge is 2.22. The fourth-order valence-electron chi connectivity index (χ4n) is 1.60. The van der Waals surface area contributed by atoms with Gasteiger partial charge in [-0.15, -0.1) is 13.2 Å². The van der Waals surface area contributed by atoms with Gasteiger partial charge >= 0.3 is 0 Å². The fraction of sp³-hybridized carbons (Fsp3) is 0.467. The highest BCUT2D eigenvalue weighted by Crippen LogP contribution is 2.25. The summed E-state index contributed by atoms with van der Waals surface area (Å²) in [6.07, 6.45) is 4.29. The molecule has 1 aliphatic rings. The van der Waals surface area contributed by atoms with E-state index in [1.165, 1.54) is 0 Å². The molecule has 4 N–H and O–H groups in total. The maximum absolute atomic E-state index is 12.9. The van der Waals surface area contributed by atoms with E-state index in [2.05, 4.69) is 13.2 Å². The first-order chi connectivity index (χ1) is 8.77. The quantitative estimate of drug-likeness (QED) is 0.459. The molecule has 1 aliphatic carbocycles. The van der Waals surface area contributed by atoms with Crippen LogP contribution in [0.4, 0.5) is 4.39 Å². The molecule has 0 saturated carbocycles. The summed E-state index contributed by atoms with van der Waals surface area (Å²) in [5.74, 6) is 6.05. The lowest BCUT2D eigenvalue weighted by Crippen LogP contribution is -2.46. The number of halogens is 1. The van der Waals surface area contributed by atoms with Gasteiger partial charge in [0.05, 0.1) is 5.70 Å². The largest absolute Gasteiger partial charge is 0.400 e. The van der Waals surface area contributed by atoms with Crippen LogP contribution >= 0.6 is 0 Å². The molecule has 3 nitrogen and oxygen atoms in total. The number of alkyl halides is 1. The number of nitrogens with zero attached hydrogens (tertiary/aromatic N) is 1. The normalized spacial score (nSPS) is 15.9. The Bertz CT molecular complexity index is 400. The Hall–Kier alpha value is -1.55. The van der Waals surface area contributed by atoms with E-state index in [0.29, 0.717) is 23.4 Å². The fourth-order valence-corrected chi connectivity index (χ4v) is 1.60. The molecular weight excluding hydrogens is 241 g/mol. The van der Waals surface area contributed by atoms with Crippen molar-refractivity contribution in [1.29, 1.82) is 0 Å². The minimum absolute atomic E-state index is 0.254. The van der Waals surface area contributed by atoms with E-state index in [9.17, 15) is 4.39 Å². The Labute approximate surface area is 116 Å². The summed E-state index contributed by atoms with van der Waals surface area (Å²) < 4.78 is 12.9. The molecule has 0 aliphatic heterocycles. The van der Waals surface area contributed by atoms with E-state index in [4.69, 9.17) is 11.6 Å². The minimum atomic E-state index is -0.503. The van der Waals surface area contributed by atoms with E-state index in [-0.39, 0.29) is 5.54 Å². The maximum Gasteiger partial charge on any atom is 0.115 e. The number of hydrazine groups is 1. The van der Waals surface area contributed by atoms with Crippen LogP contribution in [0.15, 0.2) is 47.9 Å². The third-order valence-corrected chi connectivity index (χ3v) is 2.90. The molecule has 0 heterocycles. The Balaban J connectivity index is 0.00000154. The third-order valence-electron chi connectivity index (χ3n) is 2.90. The number of rotatable bonds is 2. The predicted octanol–water partition coefficient (Wildman–Crippen LogP) is 3.18. The standard InChI is InChI=1S/C13H22FN3.C2H4/c1-9-5-6-11(15)12(7-10(9)8-14)17(16)13(2,3)4;1-2/h5,7H,6,8,15-16H2,1-4H3;1-2H2. The van der Waals surface area contributed by atoms with Crippen molar-refractivity contribution in [1.82, 2.24) is 5.01 Å². The lowest BCUT2D eigenvalue weighted by atomic mass is 10.1. The molecule has 0 aromatic rings. The van der Waals surface area contributed by atoms with Crippen molar-refractivity contribution in [3.8, 4) is 0 Å². The second-order valence-electron chi connectivity index (χ2n) is 5.35. The van der Waals surface area contributed by atoms with Crippen molar-refractivity contribution in [2.24, 2.45) is 11.6 Å². The van der Waals surface area contributed by atoms with Crippen molar-refractivity contribution >= 4 is 0 Å². The summed E-state index contributed by atoms with van der Waals surface area (Å²) in [7, 11) is 0. The van der Waals surface area contributed by atoms with Gasteiger partial charge in [0.25, 0.3) is 0 Å². The van der Waals surface area contributed by atoms with Crippen LogP contribution in [0.3, 0.4) is 0 Å². The molecule has 0 spiro atoms. The second-order valence-corrected chi connectivity index (χ2v) is 5.35. The zero-order chi connectivity index (χ0) is 15.2. The van der Waals surface area contributed by atoms with Crippen molar-refractivity contribution in [2.45, 2.75) is 39.7 Å². The SMILES string of the molecule is C=C.CC1=CCC(N)=C(N(N)C(C)(C)C)C=C1CF.